The van der Waals surface area contributed by atoms with Crippen LogP contribution in [0.3, 0.4) is 0 Å². The summed E-state index contributed by atoms with van der Waals surface area (Å²) in [5.74, 6) is 0. The molecule has 2 rings (SSSR count). The monoisotopic (exact) mass is 286 g/mol. The molecule has 2 N–H and O–H groups in total. The Bertz CT molecular complexity index is 608. The predicted molar refractivity (Wildman–Crippen MR) is 85.1 cm³/mol. The maximum absolute atomic E-state index is 11.9. The molecule has 0 radical (unpaired) electrons. The minimum absolute atomic E-state index is 0.218. The summed E-state index contributed by atoms with van der Waals surface area (Å²) in [6, 6.07) is 13.8. The van der Waals surface area contributed by atoms with Crippen molar-refractivity contribution in [1.82, 2.24) is 4.72 Å². The van der Waals surface area contributed by atoms with Crippen molar-refractivity contribution in [1.29, 1.82) is 0 Å². The maximum Gasteiger partial charge on any atom is 0.329 e. The first-order valence-corrected chi connectivity index (χ1v) is 7.24. The van der Waals surface area contributed by atoms with E-state index in [1.165, 1.54) is 17.5 Å². The predicted octanol–water partition coefficient (Wildman–Crippen LogP) is 4.44. The van der Waals surface area contributed by atoms with E-state index in [-0.39, 0.29) is 6.03 Å². The third kappa shape index (κ3) is 4.03. The highest BCUT2D eigenvalue weighted by Crippen LogP contribution is 2.18. The summed E-state index contributed by atoms with van der Waals surface area (Å²) in [4.78, 5) is 12.9. The molecular weight excluding hydrogens is 268 g/mol. The number of benzene rings is 2. The molecular formula is C16H18N2OS. The SMILES string of the molecule is Cc1ccc(SNC(=O)Nc2cc(C)ccc2C)cc1. The quantitative estimate of drug-likeness (QED) is 0.819. The van der Waals surface area contributed by atoms with Crippen LogP contribution >= 0.6 is 11.9 Å². The van der Waals surface area contributed by atoms with Crippen molar-refractivity contribution in [3.8, 4) is 0 Å². The lowest BCUT2D eigenvalue weighted by molar-refractivity contribution is 0.257. The van der Waals surface area contributed by atoms with E-state index in [1.54, 1.807) is 0 Å². The van der Waals surface area contributed by atoms with Crippen LogP contribution in [0.4, 0.5) is 10.5 Å². The smallest absolute Gasteiger partial charge is 0.307 e. The summed E-state index contributed by atoms with van der Waals surface area (Å²) >= 11 is 1.30. The van der Waals surface area contributed by atoms with Crippen LogP contribution in [-0.2, 0) is 0 Å². The van der Waals surface area contributed by atoms with Crippen LogP contribution in [0, 0.1) is 20.8 Å². The van der Waals surface area contributed by atoms with Crippen LogP contribution in [0.2, 0.25) is 0 Å². The molecule has 0 saturated carbocycles. The summed E-state index contributed by atoms with van der Waals surface area (Å²) in [6.45, 7) is 6.01. The van der Waals surface area contributed by atoms with Crippen molar-refractivity contribution in [2.45, 2.75) is 25.7 Å². The van der Waals surface area contributed by atoms with Gasteiger partial charge in [0.25, 0.3) is 0 Å². The normalized spacial score (nSPS) is 10.2. The lowest BCUT2D eigenvalue weighted by Gasteiger charge is -2.10. The van der Waals surface area contributed by atoms with E-state index in [1.807, 2.05) is 63.2 Å². The van der Waals surface area contributed by atoms with E-state index in [2.05, 4.69) is 10.0 Å². The molecule has 0 aliphatic rings. The van der Waals surface area contributed by atoms with Gasteiger partial charge in [-0.2, -0.15) is 0 Å². The zero-order valence-electron chi connectivity index (χ0n) is 11.9. The number of hydrogen-bond donors (Lipinski definition) is 2. The van der Waals surface area contributed by atoms with Crippen molar-refractivity contribution in [2.75, 3.05) is 5.32 Å². The maximum atomic E-state index is 11.9. The second-order valence-corrected chi connectivity index (χ2v) is 5.67. The van der Waals surface area contributed by atoms with Crippen molar-refractivity contribution < 1.29 is 4.79 Å². The largest absolute Gasteiger partial charge is 0.329 e. The number of amides is 2. The van der Waals surface area contributed by atoms with E-state index in [4.69, 9.17) is 0 Å². The lowest BCUT2D eigenvalue weighted by atomic mass is 10.1. The van der Waals surface area contributed by atoms with Crippen molar-refractivity contribution in [2.24, 2.45) is 0 Å². The van der Waals surface area contributed by atoms with Gasteiger partial charge in [0.15, 0.2) is 0 Å². The zero-order chi connectivity index (χ0) is 14.5. The number of nitrogens with one attached hydrogen (secondary N) is 2. The Kier molecular flexibility index (Phi) is 4.69. The van der Waals surface area contributed by atoms with Gasteiger partial charge in [0.05, 0.1) is 0 Å². The van der Waals surface area contributed by atoms with Gasteiger partial charge in [-0.25, -0.2) is 4.79 Å². The zero-order valence-corrected chi connectivity index (χ0v) is 12.7. The molecule has 0 bridgehead atoms. The highest BCUT2D eigenvalue weighted by Gasteiger charge is 2.05. The highest BCUT2D eigenvalue weighted by atomic mass is 32.2. The molecule has 0 aromatic heterocycles. The van der Waals surface area contributed by atoms with Crippen LogP contribution in [0.15, 0.2) is 47.4 Å². The van der Waals surface area contributed by atoms with E-state index < -0.39 is 0 Å². The molecule has 2 aromatic carbocycles. The van der Waals surface area contributed by atoms with Gasteiger partial charge in [-0.15, -0.1) is 0 Å². The molecule has 0 atom stereocenters. The fourth-order valence-corrected chi connectivity index (χ4v) is 2.26. The Labute approximate surface area is 123 Å². The fourth-order valence-electron chi connectivity index (χ4n) is 1.73. The second-order valence-electron chi connectivity index (χ2n) is 4.79. The molecule has 0 saturated heterocycles. The van der Waals surface area contributed by atoms with Gasteiger partial charge in [0.1, 0.15) is 0 Å². The first-order chi connectivity index (χ1) is 9.54. The topological polar surface area (TPSA) is 41.1 Å². The van der Waals surface area contributed by atoms with Crippen LogP contribution < -0.4 is 10.0 Å². The van der Waals surface area contributed by atoms with Crippen LogP contribution in [0.5, 0.6) is 0 Å². The standard InChI is InChI=1S/C16H18N2OS/c1-11-5-8-14(9-6-11)20-18-16(19)17-15-10-12(2)4-7-13(15)3/h4-10H,1-3H3,(H2,17,18,19). The molecule has 20 heavy (non-hydrogen) atoms. The van der Waals surface area contributed by atoms with Gasteiger partial charge in [0, 0.05) is 10.6 Å². The summed E-state index contributed by atoms with van der Waals surface area (Å²) in [7, 11) is 0. The van der Waals surface area contributed by atoms with E-state index in [0.29, 0.717) is 0 Å². The summed E-state index contributed by atoms with van der Waals surface area (Å²) in [5, 5.41) is 2.86. The first-order valence-electron chi connectivity index (χ1n) is 6.42. The summed E-state index contributed by atoms with van der Waals surface area (Å²) < 4.78 is 2.78. The average molecular weight is 286 g/mol. The van der Waals surface area contributed by atoms with Gasteiger partial charge in [-0.3, -0.25) is 4.72 Å². The molecule has 0 unspecified atom stereocenters. The molecule has 2 amide bonds. The highest BCUT2D eigenvalue weighted by molar-refractivity contribution is 7.98. The Morgan fingerprint density at radius 2 is 1.60 bits per heavy atom. The van der Waals surface area contributed by atoms with Gasteiger partial charge in [-0.1, -0.05) is 29.8 Å². The molecule has 4 heteroatoms. The van der Waals surface area contributed by atoms with Gasteiger partial charge < -0.3 is 5.32 Å². The van der Waals surface area contributed by atoms with Gasteiger partial charge in [0.2, 0.25) is 0 Å². The number of urea groups is 1. The number of hydrogen-bond acceptors (Lipinski definition) is 2. The van der Waals surface area contributed by atoms with Crippen LogP contribution in [-0.4, -0.2) is 6.03 Å². The number of carbonyl (C=O) groups is 1. The molecule has 0 spiro atoms. The van der Waals surface area contributed by atoms with Crippen LogP contribution in [0.25, 0.3) is 0 Å². The number of rotatable bonds is 3. The van der Waals surface area contributed by atoms with Gasteiger partial charge >= 0.3 is 6.03 Å². The Balaban J connectivity index is 1.92. The Morgan fingerprint density at radius 1 is 0.950 bits per heavy atom. The molecule has 104 valence electrons. The Morgan fingerprint density at radius 3 is 2.30 bits per heavy atom. The van der Waals surface area contributed by atoms with Crippen molar-refractivity contribution in [3.05, 3.63) is 59.2 Å². The lowest BCUT2D eigenvalue weighted by Crippen LogP contribution is -2.23. The summed E-state index contributed by atoms with van der Waals surface area (Å²) in [5.41, 5.74) is 4.21. The number of anilines is 1. The van der Waals surface area contributed by atoms with Crippen molar-refractivity contribution in [3.63, 3.8) is 0 Å². The average Bonchev–Trinajstić information content (AvgIpc) is 2.42. The van der Waals surface area contributed by atoms with E-state index in [9.17, 15) is 4.79 Å². The first kappa shape index (κ1) is 14.5. The number of aryl methyl sites for hydroxylation is 3. The molecule has 0 aliphatic carbocycles. The fraction of sp³-hybridized carbons (Fsp3) is 0.188. The molecule has 0 aliphatic heterocycles. The third-order valence-electron chi connectivity index (χ3n) is 2.92. The minimum Gasteiger partial charge on any atom is -0.307 e. The summed E-state index contributed by atoms with van der Waals surface area (Å²) in [6.07, 6.45) is 0. The third-order valence-corrected chi connectivity index (χ3v) is 3.72. The second kappa shape index (κ2) is 6.48. The van der Waals surface area contributed by atoms with Gasteiger partial charge in [-0.05, 0) is 62.0 Å². The molecule has 0 heterocycles. The Hall–Kier alpha value is -1.94. The number of carbonyl (C=O) groups excluding carboxylic acids is 1. The molecule has 3 nitrogen and oxygen atoms in total. The van der Waals surface area contributed by atoms with Crippen LogP contribution in [0.1, 0.15) is 16.7 Å². The van der Waals surface area contributed by atoms with E-state index >= 15 is 0 Å². The molecule has 0 fully saturated rings. The minimum atomic E-state index is -0.218. The van der Waals surface area contributed by atoms with E-state index in [0.717, 1.165) is 21.7 Å². The molecule has 2 aromatic rings. The van der Waals surface area contributed by atoms with Crippen molar-refractivity contribution >= 4 is 23.7 Å².